The van der Waals surface area contributed by atoms with Crippen molar-refractivity contribution in [2.45, 2.75) is 13.5 Å². The van der Waals surface area contributed by atoms with Crippen LogP contribution < -0.4 is 5.56 Å². The van der Waals surface area contributed by atoms with Gasteiger partial charge in [0.15, 0.2) is 5.65 Å². The maximum atomic E-state index is 14.3. The van der Waals surface area contributed by atoms with Crippen molar-refractivity contribution in [2.75, 3.05) is 5.88 Å². The van der Waals surface area contributed by atoms with Gasteiger partial charge in [0.2, 0.25) is 5.95 Å². The van der Waals surface area contributed by atoms with Crippen LogP contribution in [0.15, 0.2) is 53.6 Å². The lowest BCUT2D eigenvalue weighted by Crippen LogP contribution is -2.24. The van der Waals surface area contributed by atoms with Crippen molar-refractivity contribution < 1.29 is 4.39 Å². The Labute approximate surface area is 158 Å². The van der Waals surface area contributed by atoms with Crippen LogP contribution in [0.4, 0.5) is 4.39 Å². The molecule has 0 atom stereocenters. The molecule has 3 aromatic heterocycles. The fourth-order valence-electron chi connectivity index (χ4n) is 2.93. The molecule has 0 spiro atoms. The first-order chi connectivity index (χ1) is 13.1. The van der Waals surface area contributed by atoms with E-state index in [4.69, 9.17) is 11.6 Å². The minimum Gasteiger partial charge on any atom is -0.291 e. The fraction of sp³-hybridized carbons (Fsp3) is 0.158. The number of benzene rings is 1. The van der Waals surface area contributed by atoms with Crippen LogP contribution in [-0.2, 0) is 6.54 Å². The molecule has 4 rings (SSSR count). The van der Waals surface area contributed by atoms with E-state index in [1.165, 1.54) is 23.0 Å². The molecule has 0 aliphatic rings. The van der Waals surface area contributed by atoms with Crippen molar-refractivity contribution in [3.05, 3.63) is 70.7 Å². The van der Waals surface area contributed by atoms with E-state index >= 15 is 0 Å². The van der Waals surface area contributed by atoms with Gasteiger partial charge in [0, 0.05) is 18.6 Å². The number of pyridine rings is 1. The molecule has 6 nitrogen and oxygen atoms in total. The number of aromatic nitrogens is 5. The molecule has 4 aromatic rings. The van der Waals surface area contributed by atoms with Crippen LogP contribution in [0.5, 0.6) is 0 Å². The lowest BCUT2D eigenvalue weighted by Gasteiger charge is -2.12. The van der Waals surface area contributed by atoms with E-state index in [-0.39, 0.29) is 29.4 Å². The molecule has 0 bridgehead atoms. The van der Waals surface area contributed by atoms with E-state index in [9.17, 15) is 9.18 Å². The van der Waals surface area contributed by atoms with Crippen LogP contribution in [0.2, 0.25) is 0 Å². The third-order valence-electron chi connectivity index (χ3n) is 4.27. The number of nitrogens with zero attached hydrogens (tertiary/aromatic N) is 5. The van der Waals surface area contributed by atoms with Crippen molar-refractivity contribution in [3.8, 4) is 17.1 Å². The van der Waals surface area contributed by atoms with Crippen molar-refractivity contribution >= 4 is 22.6 Å². The molecule has 8 heteroatoms. The van der Waals surface area contributed by atoms with Crippen molar-refractivity contribution in [2.24, 2.45) is 0 Å². The molecule has 0 saturated heterocycles. The Balaban J connectivity index is 2.03. The summed E-state index contributed by atoms with van der Waals surface area (Å²) in [4.78, 5) is 21.2. The summed E-state index contributed by atoms with van der Waals surface area (Å²) in [5.74, 6) is -0.338. The zero-order valence-corrected chi connectivity index (χ0v) is 15.2. The molecule has 0 fully saturated rings. The number of halogens is 2. The van der Waals surface area contributed by atoms with Crippen LogP contribution in [-0.4, -0.2) is 30.2 Å². The van der Waals surface area contributed by atoms with Gasteiger partial charge in [-0.15, -0.1) is 11.6 Å². The van der Waals surface area contributed by atoms with Crippen LogP contribution >= 0.6 is 11.6 Å². The topological polar surface area (TPSA) is 65.6 Å². The first-order valence-corrected chi connectivity index (χ1v) is 8.86. The Hall–Kier alpha value is -3.06. The van der Waals surface area contributed by atoms with Crippen LogP contribution in [0.3, 0.4) is 0 Å². The highest BCUT2D eigenvalue weighted by Gasteiger charge is 2.19. The van der Waals surface area contributed by atoms with Crippen molar-refractivity contribution in [1.82, 2.24) is 24.3 Å². The summed E-state index contributed by atoms with van der Waals surface area (Å²) in [6, 6.07) is 10.8. The Morgan fingerprint density at radius 2 is 1.96 bits per heavy atom. The zero-order chi connectivity index (χ0) is 19.0. The molecular weight excluding hydrogens is 369 g/mol. The normalized spacial score (nSPS) is 11.2. The molecule has 27 heavy (non-hydrogen) atoms. The van der Waals surface area contributed by atoms with Gasteiger partial charge in [0.05, 0.1) is 17.4 Å². The van der Waals surface area contributed by atoms with Gasteiger partial charge in [-0.05, 0) is 31.2 Å². The second kappa shape index (κ2) is 6.92. The predicted molar refractivity (Wildman–Crippen MR) is 102 cm³/mol. The maximum absolute atomic E-state index is 14.3. The third kappa shape index (κ3) is 3.00. The Morgan fingerprint density at radius 3 is 2.67 bits per heavy atom. The fourth-order valence-corrected chi connectivity index (χ4v) is 3.10. The highest BCUT2D eigenvalue weighted by atomic mass is 35.5. The molecule has 0 saturated carbocycles. The Bertz CT molecular complexity index is 1180. The summed E-state index contributed by atoms with van der Waals surface area (Å²) >= 11 is 5.86. The van der Waals surface area contributed by atoms with Gasteiger partial charge < -0.3 is 0 Å². The minimum atomic E-state index is -0.700. The first kappa shape index (κ1) is 17.4. The largest absolute Gasteiger partial charge is 0.291 e. The SMILES string of the molecule is Cc1ccc(-n2ncc3c(=O)n(CCCl)c(-c4cccnc4F)nc32)cc1. The van der Waals surface area contributed by atoms with Gasteiger partial charge in [-0.3, -0.25) is 9.36 Å². The molecular formula is C19H15ClFN5O. The molecule has 0 aliphatic carbocycles. The molecule has 1 aromatic carbocycles. The molecule has 3 heterocycles. The van der Waals surface area contributed by atoms with Crippen LogP contribution in [0.1, 0.15) is 5.56 Å². The van der Waals surface area contributed by atoms with E-state index in [1.54, 1.807) is 10.7 Å². The van der Waals surface area contributed by atoms with Gasteiger partial charge in [-0.2, -0.15) is 9.49 Å². The van der Waals surface area contributed by atoms with Crippen molar-refractivity contribution in [3.63, 3.8) is 0 Å². The van der Waals surface area contributed by atoms with Gasteiger partial charge in [0.25, 0.3) is 5.56 Å². The Morgan fingerprint density at radius 1 is 1.19 bits per heavy atom. The maximum Gasteiger partial charge on any atom is 0.264 e. The zero-order valence-electron chi connectivity index (χ0n) is 14.4. The summed E-state index contributed by atoms with van der Waals surface area (Å²) in [6.07, 6.45) is 2.82. The number of alkyl halides is 1. The van der Waals surface area contributed by atoms with Crippen molar-refractivity contribution in [1.29, 1.82) is 0 Å². The van der Waals surface area contributed by atoms with Gasteiger partial charge >= 0.3 is 0 Å². The lowest BCUT2D eigenvalue weighted by atomic mass is 10.2. The number of fused-ring (bicyclic) bond motifs is 1. The van der Waals surface area contributed by atoms with E-state index in [0.29, 0.717) is 11.0 Å². The monoisotopic (exact) mass is 383 g/mol. The van der Waals surface area contributed by atoms with E-state index in [0.717, 1.165) is 11.3 Å². The highest BCUT2D eigenvalue weighted by molar-refractivity contribution is 6.17. The standard InChI is InChI=1S/C19H15ClFN5O/c1-12-4-6-13(7-5-12)26-18-15(11-23-26)19(27)25(10-8-20)17(24-18)14-3-2-9-22-16(14)21/h2-7,9,11H,8,10H2,1H3. The average Bonchev–Trinajstić information content (AvgIpc) is 3.09. The smallest absolute Gasteiger partial charge is 0.264 e. The average molecular weight is 384 g/mol. The minimum absolute atomic E-state index is 0.137. The van der Waals surface area contributed by atoms with Gasteiger partial charge in [0.1, 0.15) is 11.2 Å². The number of hydrogen-bond donors (Lipinski definition) is 0. The lowest BCUT2D eigenvalue weighted by molar-refractivity contribution is 0.583. The molecule has 0 aliphatic heterocycles. The van der Waals surface area contributed by atoms with Gasteiger partial charge in [-0.1, -0.05) is 17.7 Å². The number of hydrogen-bond acceptors (Lipinski definition) is 4. The van der Waals surface area contributed by atoms with Gasteiger partial charge in [-0.25, -0.2) is 14.6 Å². The second-order valence-electron chi connectivity index (χ2n) is 6.05. The number of aryl methyl sites for hydroxylation is 1. The summed E-state index contributed by atoms with van der Waals surface area (Å²) < 4.78 is 17.2. The van der Waals surface area contributed by atoms with E-state index in [2.05, 4.69) is 15.1 Å². The first-order valence-electron chi connectivity index (χ1n) is 8.32. The molecule has 0 radical (unpaired) electrons. The summed E-state index contributed by atoms with van der Waals surface area (Å²) in [5, 5.41) is 4.65. The molecule has 136 valence electrons. The summed E-state index contributed by atoms with van der Waals surface area (Å²) in [6.45, 7) is 2.18. The van der Waals surface area contributed by atoms with E-state index < -0.39 is 5.95 Å². The summed E-state index contributed by atoms with van der Waals surface area (Å²) in [7, 11) is 0. The molecule has 0 unspecified atom stereocenters. The number of rotatable bonds is 4. The molecule has 0 amide bonds. The quantitative estimate of drug-likeness (QED) is 0.400. The predicted octanol–water partition coefficient (Wildman–Crippen LogP) is 3.33. The van der Waals surface area contributed by atoms with E-state index in [1.807, 2.05) is 31.2 Å². The Kier molecular flexibility index (Phi) is 4.45. The van der Waals surface area contributed by atoms with Crippen LogP contribution in [0.25, 0.3) is 28.1 Å². The third-order valence-corrected chi connectivity index (χ3v) is 4.44. The molecule has 0 N–H and O–H groups in total. The highest BCUT2D eigenvalue weighted by Crippen LogP contribution is 2.22. The second-order valence-corrected chi connectivity index (χ2v) is 6.43. The van der Waals surface area contributed by atoms with Crippen LogP contribution in [0, 0.1) is 12.9 Å². The summed E-state index contributed by atoms with van der Waals surface area (Å²) in [5.41, 5.74) is 2.03.